The molecule has 0 aliphatic carbocycles. The maximum Gasteiger partial charge on any atom is 0.324 e. The van der Waals surface area contributed by atoms with Crippen molar-refractivity contribution in [3.8, 4) is 5.75 Å². The fourth-order valence-corrected chi connectivity index (χ4v) is 3.10. The Morgan fingerprint density at radius 1 is 1.24 bits per heavy atom. The Morgan fingerprint density at radius 2 is 1.88 bits per heavy atom. The van der Waals surface area contributed by atoms with Crippen LogP contribution in [0, 0.1) is 0 Å². The number of para-hydroxylation sites is 1. The first-order valence-electron chi connectivity index (χ1n) is 6.96. The third-order valence-corrected chi connectivity index (χ3v) is 5.11. The molecule has 1 unspecified atom stereocenters. The van der Waals surface area contributed by atoms with E-state index in [9.17, 15) is 4.79 Å². The molecule has 2 rings (SSSR count). The zero-order chi connectivity index (χ0) is 18.6. The van der Waals surface area contributed by atoms with E-state index in [-0.39, 0.29) is 0 Å². The first-order valence-corrected chi connectivity index (χ1v) is 9.68. The normalized spacial score (nSPS) is 12.4. The van der Waals surface area contributed by atoms with E-state index < -0.39 is 15.5 Å². The fourth-order valence-electron chi connectivity index (χ4n) is 1.89. The van der Waals surface area contributed by atoms with Crippen LogP contribution >= 0.6 is 66.7 Å². The Labute approximate surface area is 177 Å². The lowest BCUT2D eigenvalue weighted by atomic mass is 10.3. The van der Waals surface area contributed by atoms with E-state index in [0.29, 0.717) is 16.5 Å². The molecule has 0 aromatic heterocycles. The van der Waals surface area contributed by atoms with Gasteiger partial charge in [-0.15, -0.1) is 0 Å². The van der Waals surface area contributed by atoms with E-state index in [1.54, 1.807) is 42.5 Å². The predicted octanol–water partition coefficient (Wildman–Crippen LogP) is 6.50. The van der Waals surface area contributed by atoms with Crippen molar-refractivity contribution in [2.75, 3.05) is 12.4 Å². The molecule has 1 N–H and O–H groups in total. The zero-order valence-electron chi connectivity index (χ0n) is 12.8. The first-order chi connectivity index (χ1) is 11.7. The highest BCUT2D eigenvalue weighted by Crippen LogP contribution is 2.36. The summed E-state index contributed by atoms with van der Waals surface area (Å²) in [5, 5.41) is 3.19. The Kier molecular flexibility index (Phi) is 7.29. The molecule has 2 amide bonds. The van der Waals surface area contributed by atoms with E-state index in [4.69, 9.17) is 39.5 Å². The number of hydrogen-bond acceptors (Lipinski definition) is 2. The van der Waals surface area contributed by atoms with Gasteiger partial charge in [-0.1, -0.05) is 53.0 Å². The lowest BCUT2D eigenvalue weighted by Gasteiger charge is -2.33. The van der Waals surface area contributed by atoms with Crippen LogP contribution in [0.25, 0.3) is 0 Å². The zero-order valence-corrected chi connectivity index (χ0v) is 18.3. The van der Waals surface area contributed by atoms with Crippen LogP contribution in [0.3, 0.4) is 0 Å². The van der Waals surface area contributed by atoms with Gasteiger partial charge in [-0.25, -0.2) is 4.79 Å². The monoisotopic (exact) mass is 528 g/mol. The molecule has 0 spiro atoms. The van der Waals surface area contributed by atoms with Crippen LogP contribution in [0.4, 0.5) is 10.5 Å². The third kappa shape index (κ3) is 5.93. The van der Waals surface area contributed by atoms with E-state index in [0.717, 1.165) is 4.47 Å². The van der Waals surface area contributed by atoms with Crippen molar-refractivity contribution in [2.45, 2.75) is 9.47 Å². The lowest BCUT2D eigenvalue weighted by molar-refractivity contribution is 0.0790. The Bertz CT molecular complexity index is 742. The summed E-state index contributed by atoms with van der Waals surface area (Å²) in [6, 6.07) is 13.5. The summed E-state index contributed by atoms with van der Waals surface area (Å²) < 4.78 is 4.97. The molecule has 0 saturated carbocycles. The molecule has 0 fully saturated rings. The molecule has 25 heavy (non-hydrogen) atoms. The maximum atomic E-state index is 12.5. The van der Waals surface area contributed by atoms with Crippen molar-refractivity contribution in [1.29, 1.82) is 0 Å². The van der Waals surface area contributed by atoms with Gasteiger partial charge in [0.05, 0.1) is 5.02 Å². The quantitative estimate of drug-likeness (QED) is 0.354. The van der Waals surface area contributed by atoms with Gasteiger partial charge in [0.15, 0.2) is 0 Å². The second-order valence-electron chi connectivity index (χ2n) is 4.99. The molecule has 0 heterocycles. The highest BCUT2D eigenvalue weighted by Gasteiger charge is 2.39. The Hall–Kier alpha value is -0.660. The summed E-state index contributed by atoms with van der Waals surface area (Å²) >= 11 is 24.8. The van der Waals surface area contributed by atoms with Gasteiger partial charge in [0.25, 0.3) is 0 Å². The minimum Gasteiger partial charge on any atom is -0.466 e. The molecular weight excluding hydrogens is 518 g/mol. The molecule has 134 valence electrons. The molecular formula is C16H13Br2Cl3N2O2. The van der Waals surface area contributed by atoms with Crippen molar-refractivity contribution >= 4 is 78.4 Å². The molecule has 0 saturated heterocycles. The van der Waals surface area contributed by atoms with Crippen molar-refractivity contribution < 1.29 is 9.53 Å². The summed E-state index contributed by atoms with van der Waals surface area (Å²) in [4.78, 5) is 13.8. The van der Waals surface area contributed by atoms with Crippen molar-refractivity contribution in [2.24, 2.45) is 0 Å². The summed E-state index contributed by atoms with van der Waals surface area (Å²) in [7, 11) is 1.52. The van der Waals surface area contributed by atoms with Gasteiger partial charge in [0.2, 0.25) is 9.47 Å². The second kappa shape index (κ2) is 8.82. The average molecular weight is 531 g/mol. The first kappa shape index (κ1) is 20.6. The predicted molar refractivity (Wildman–Crippen MR) is 110 cm³/mol. The fraction of sp³-hybridized carbons (Fsp3) is 0.188. The van der Waals surface area contributed by atoms with Crippen LogP contribution in [-0.4, -0.2) is 27.4 Å². The van der Waals surface area contributed by atoms with Crippen LogP contribution in [-0.2, 0) is 0 Å². The topological polar surface area (TPSA) is 41.6 Å². The van der Waals surface area contributed by atoms with Crippen LogP contribution < -0.4 is 10.1 Å². The van der Waals surface area contributed by atoms with E-state index in [1.807, 2.05) is 6.07 Å². The number of urea groups is 1. The minimum absolute atomic E-state index is 0.468. The molecule has 0 radical (unpaired) electrons. The number of nitrogens with one attached hydrogen (secondary N) is 1. The van der Waals surface area contributed by atoms with Gasteiger partial charge in [-0.2, -0.15) is 0 Å². The van der Waals surface area contributed by atoms with Crippen molar-refractivity contribution in [1.82, 2.24) is 4.90 Å². The summed E-state index contributed by atoms with van der Waals surface area (Å²) in [5.74, 6) is 0.518. The standard InChI is InChI=1S/C16H13Br2Cl3N2O2/c1-23(15(24)22-10-7-8-12(17)13(19)9-10)14(16(18,20)21)25-11-5-3-2-4-6-11/h2-9,14H,1H3,(H,22,24). The second-order valence-corrected chi connectivity index (χ2v) is 9.81. The molecule has 0 aliphatic rings. The summed E-state index contributed by atoms with van der Waals surface area (Å²) in [5.41, 5.74) is 0.521. The summed E-state index contributed by atoms with van der Waals surface area (Å²) in [6.45, 7) is 0. The van der Waals surface area contributed by atoms with Gasteiger partial charge >= 0.3 is 6.03 Å². The highest BCUT2D eigenvalue weighted by molar-refractivity contribution is 9.11. The number of ether oxygens (including phenoxy) is 1. The van der Waals surface area contributed by atoms with Gasteiger partial charge in [0.1, 0.15) is 5.75 Å². The number of anilines is 1. The van der Waals surface area contributed by atoms with Crippen molar-refractivity contribution in [3.63, 3.8) is 0 Å². The maximum absolute atomic E-state index is 12.5. The minimum atomic E-state index is -1.52. The number of hydrogen-bond donors (Lipinski definition) is 1. The van der Waals surface area contributed by atoms with E-state index in [2.05, 4.69) is 37.2 Å². The number of amides is 2. The van der Waals surface area contributed by atoms with Gasteiger partial charge in [-0.05, 0) is 62.2 Å². The molecule has 0 bridgehead atoms. The number of carbonyl (C=O) groups excluding carboxylic acids is 1. The van der Waals surface area contributed by atoms with E-state index in [1.165, 1.54) is 11.9 Å². The molecule has 2 aromatic carbocycles. The van der Waals surface area contributed by atoms with Crippen LogP contribution in [0.5, 0.6) is 5.75 Å². The van der Waals surface area contributed by atoms with Crippen molar-refractivity contribution in [3.05, 3.63) is 58.0 Å². The molecule has 2 aromatic rings. The Morgan fingerprint density at radius 3 is 2.44 bits per heavy atom. The highest BCUT2D eigenvalue weighted by atomic mass is 79.9. The number of alkyl halides is 3. The molecule has 0 aliphatic heterocycles. The smallest absolute Gasteiger partial charge is 0.324 e. The number of halogens is 5. The average Bonchev–Trinajstić information content (AvgIpc) is 2.55. The summed E-state index contributed by atoms with van der Waals surface area (Å²) in [6.07, 6.45) is -0.996. The van der Waals surface area contributed by atoms with Crippen LogP contribution in [0.15, 0.2) is 53.0 Å². The van der Waals surface area contributed by atoms with E-state index >= 15 is 0 Å². The molecule has 1 atom stereocenters. The largest absolute Gasteiger partial charge is 0.466 e. The number of rotatable bonds is 5. The Balaban J connectivity index is 2.16. The number of nitrogens with zero attached hydrogens (tertiary/aromatic N) is 1. The third-order valence-electron chi connectivity index (χ3n) is 3.11. The number of carbonyl (C=O) groups is 1. The van der Waals surface area contributed by atoms with Gasteiger partial charge in [0, 0.05) is 17.2 Å². The van der Waals surface area contributed by atoms with Crippen LogP contribution in [0.2, 0.25) is 5.02 Å². The van der Waals surface area contributed by atoms with Crippen LogP contribution in [0.1, 0.15) is 0 Å². The number of benzene rings is 2. The SMILES string of the molecule is CN(C(=O)Nc1ccc(Br)c(Cl)c1)C(Oc1ccccc1)C(Cl)(Cl)Br. The lowest BCUT2D eigenvalue weighted by Crippen LogP contribution is -2.50. The molecule has 4 nitrogen and oxygen atoms in total. The van der Waals surface area contributed by atoms with Gasteiger partial charge < -0.3 is 10.1 Å². The van der Waals surface area contributed by atoms with Gasteiger partial charge in [-0.3, -0.25) is 4.90 Å². The molecule has 9 heteroatoms.